The maximum atomic E-state index is 13.0. The number of hydrogen-bond acceptors (Lipinski definition) is 5. The highest BCUT2D eigenvalue weighted by Gasteiger charge is 2.38. The van der Waals surface area contributed by atoms with Crippen LogP contribution in [0.1, 0.15) is 41.4 Å². The Morgan fingerprint density at radius 3 is 2.42 bits per heavy atom. The fourth-order valence-electron chi connectivity index (χ4n) is 3.54. The number of nitrogens with one attached hydrogen (secondary N) is 1. The van der Waals surface area contributed by atoms with E-state index in [1.54, 1.807) is 32.0 Å². The molecular weight excluding hydrogens is 438 g/mol. The first-order valence-electron chi connectivity index (χ1n) is 10.0. The number of hydrogen-bond donors (Lipinski definition) is 2. The Morgan fingerprint density at radius 2 is 1.82 bits per heavy atom. The molecule has 0 saturated carbocycles. The number of amides is 2. The Kier molecular flexibility index (Phi) is 7.27. The van der Waals surface area contributed by atoms with Crippen molar-refractivity contribution in [3.63, 3.8) is 0 Å². The summed E-state index contributed by atoms with van der Waals surface area (Å²) < 4.78 is 35.6. The van der Waals surface area contributed by atoms with E-state index in [1.165, 1.54) is 35.2 Å². The zero-order valence-corrected chi connectivity index (χ0v) is 17.9. The predicted octanol–water partition coefficient (Wildman–Crippen LogP) is 4.09. The number of carbonyl (C=O) groups is 3. The maximum Gasteiger partial charge on any atom is 0.387 e. The molecule has 2 aromatic rings. The van der Waals surface area contributed by atoms with Crippen molar-refractivity contribution in [2.24, 2.45) is 0 Å². The topological polar surface area (TPSA) is 105 Å². The number of esters is 1. The molecule has 3 rings (SSSR count). The molecule has 2 N–H and O–H groups in total. The fraction of sp³-hybridized carbons (Fsp3) is 0.261. The molecule has 0 spiro atoms. The molecule has 2 aromatic carbocycles. The highest BCUT2D eigenvalue weighted by atomic mass is 19.3. The molecule has 1 aliphatic rings. The van der Waals surface area contributed by atoms with E-state index in [2.05, 4.69) is 10.1 Å². The lowest BCUT2D eigenvalue weighted by Gasteiger charge is -2.35. The number of urea groups is 1. The van der Waals surface area contributed by atoms with Crippen molar-refractivity contribution < 1.29 is 37.7 Å². The van der Waals surface area contributed by atoms with Gasteiger partial charge in [-0.1, -0.05) is 30.3 Å². The zero-order valence-electron chi connectivity index (χ0n) is 17.9. The van der Waals surface area contributed by atoms with Crippen molar-refractivity contribution in [3.05, 3.63) is 76.5 Å². The molecule has 2 amide bonds. The summed E-state index contributed by atoms with van der Waals surface area (Å²) in [5, 5.41) is 11.7. The number of nitrogens with zero attached hydrogens (tertiary/aromatic N) is 1. The van der Waals surface area contributed by atoms with Crippen molar-refractivity contribution in [1.29, 1.82) is 0 Å². The van der Waals surface area contributed by atoms with Gasteiger partial charge in [0.15, 0.2) is 0 Å². The van der Waals surface area contributed by atoms with Gasteiger partial charge in [-0.2, -0.15) is 8.78 Å². The van der Waals surface area contributed by atoms with Gasteiger partial charge in [-0.25, -0.2) is 14.4 Å². The number of carboxylic acid groups (broad SMARTS) is 1. The lowest BCUT2D eigenvalue weighted by molar-refractivity contribution is -0.139. The SMILES string of the molecule is CCOC(=O)C1=C(C)N(Cc2ccc(C(=O)O)cc2)C(=O)NC1c1ccccc1OC(F)F. The number of alkyl halides is 2. The van der Waals surface area contributed by atoms with Crippen molar-refractivity contribution in [2.45, 2.75) is 33.0 Å². The van der Waals surface area contributed by atoms with Gasteiger partial charge in [0, 0.05) is 11.3 Å². The van der Waals surface area contributed by atoms with Crippen molar-refractivity contribution >= 4 is 18.0 Å². The number of ether oxygens (including phenoxy) is 2. The first-order chi connectivity index (χ1) is 15.7. The Morgan fingerprint density at radius 1 is 1.15 bits per heavy atom. The average molecular weight is 460 g/mol. The number of allylic oxidation sites excluding steroid dienone is 1. The Bertz CT molecular complexity index is 1080. The van der Waals surface area contributed by atoms with Gasteiger partial charge in [0.05, 0.1) is 30.3 Å². The van der Waals surface area contributed by atoms with Crippen LogP contribution in [0.2, 0.25) is 0 Å². The molecule has 8 nitrogen and oxygen atoms in total. The minimum absolute atomic E-state index is 0.0440. The van der Waals surface area contributed by atoms with Crippen LogP contribution in [0.4, 0.5) is 13.6 Å². The number of halogens is 2. The maximum absolute atomic E-state index is 13.0. The summed E-state index contributed by atoms with van der Waals surface area (Å²) in [6.07, 6.45) is 0. The number of aromatic carboxylic acids is 1. The van der Waals surface area contributed by atoms with E-state index in [-0.39, 0.29) is 41.3 Å². The molecule has 1 atom stereocenters. The second kappa shape index (κ2) is 10.1. The summed E-state index contributed by atoms with van der Waals surface area (Å²) in [6.45, 7) is 0.205. The molecule has 0 fully saturated rings. The normalized spacial score (nSPS) is 16.0. The molecular formula is C23H22F2N2O6. The number of para-hydroxylation sites is 1. The van der Waals surface area contributed by atoms with Crippen molar-refractivity contribution in [3.8, 4) is 5.75 Å². The van der Waals surface area contributed by atoms with E-state index in [4.69, 9.17) is 9.84 Å². The summed E-state index contributed by atoms with van der Waals surface area (Å²) >= 11 is 0. The second-order valence-electron chi connectivity index (χ2n) is 7.11. The molecule has 0 bridgehead atoms. The molecule has 0 aliphatic carbocycles. The van der Waals surface area contributed by atoms with Gasteiger partial charge in [0.25, 0.3) is 0 Å². The monoisotopic (exact) mass is 460 g/mol. The van der Waals surface area contributed by atoms with E-state index in [0.29, 0.717) is 5.56 Å². The third-order valence-corrected chi connectivity index (χ3v) is 5.08. The van der Waals surface area contributed by atoms with E-state index in [9.17, 15) is 23.2 Å². The summed E-state index contributed by atoms with van der Waals surface area (Å²) in [6, 6.07) is 10.2. The molecule has 0 saturated heterocycles. The standard InChI is InChI=1S/C23H22F2N2O6/c1-3-32-21(30)18-13(2)27(12-14-8-10-15(11-9-14)20(28)29)23(31)26-19(18)16-6-4-5-7-17(16)33-22(24)25/h4-11,19,22H,3,12H2,1-2H3,(H,26,31)(H,28,29). The minimum Gasteiger partial charge on any atom is -0.478 e. The van der Waals surface area contributed by atoms with Crippen molar-refractivity contribution in [2.75, 3.05) is 6.61 Å². The van der Waals surface area contributed by atoms with E-state index < -0.39 is 30.6 Å². The van der Waals surface area contributed by atoms with Crippen LogP contribution in [0.5, 0.6) is 5.75 Å². The van der Waals surface area contributed by atoms with Gasteiger partial charge in [-0.05, 0) is 37.6 Å². The smallest absolute Gasteiger partial charge is 0.387 e. The van der Waals surface area contributed by atoms with Gasteiger partial charge in [-0.15, -0.1) is 0 Å². The van der Waals surface area contributed by atoms with E-state index in [0.717, 1.165) is 0 Å². The third-order valence-electron chi connectivity index (χ3n) is 5.08. The van der Waals surface area contributed by atoms with Gasteiger partial charge < -0.3 is 19.9 Å². The predicted molar refractivity (Wildman–Crippen MR) is 113 cm³/mol. The van der Waals surface area contributed by atoms with Crippen LogP contribution in [0.25, 0.3) is 0 Å². The van der Waals surface area contributed by atoms with Crippen LogP contribution in [-0.2, 0) is 16.1 Å². The number of carboxylic acids is 1. The largest absolute Gasteiger partial charge is 0.478 e. The van der Waals surface area contributed by atoms with Crippen LogP contribution in [-0.4, -0.2) is 41.2 Å². The number of rotatable bonds is 8. The molecule has 1 unspecified atom stereocenters. The lowest BCUT2D eigenvalue weighted by atomic mass is 9.94. The van der Waals surface area contributed by atoms with Gasteiger partial charge in [0.1, 0.15) is 5.75 Å². The average Bonchev–Trinajstić information content (AvgIpc) is 2.76. The minimum atomic E-state index is -3.09. The fourth-order valence-corrected chi connectivity index (χ4v) is 3.54. The zero-order chi connectivity index (χ0) is 24.1. The first-order valence-corrected chi connectivity index (χ1v) is 10.0. The summed E-state index contributed by atoms with van der Waals surface area (Å²) in [5.74, 6) is -1.96. The molecule has 0 aromatic heterocycles. The van der Waals surface area contributed by atoms with Crippen LogP contribution in [0, 0.1) is 0 Å². The van der Waals surface area contributed by atoms with Crippen LogP contribution in [0.15, 0.2) is 59.8 Å². The first kappa shape index (κ1) is 23.7. The van der Waals surface area contributed by atoms with Crippen LogP contribution < -0.4 is 10.1 Å². The van der Waals surface area contributed by atoms with Crippen molar-refractivity contribution in [1.82, 2.24) is 10.2 Å². The lowest BCUT2D eigenvalue weighted by Crippen LogP contribution is -2.47. The Hall–Kier alpha value is -3.95. The summed E-state index contributed by atoms with van der Waals surface area (Å²) in [4.78, 5) is 38.2. The highest BCUT2D eigenvalue weighted by molar-refractivity contribution is 5.95. The molecule has 10 heteroatoms. The second-order valence-corrected chi connectivity index (χ2v) is 7.11. The molecule has 0 radical (unpaired) electrons. The molecule has 174 valence electrons. The van der Waals surface area contributed by atoms with E-state index >= 15 is 0 Å². The number of carbonyl (C=O) groups excluding carboxylic acids is 2. The Labute approximate surface area is 188 Å². The molecule has 1 heterocycles. The van der Waals surface area contributed by atoms with Gasteiger partial charge in [-0.3, -0.25) is 4.90 Å². The Balaban J connectivity index is 2.03. The van der Waals surface area contributed by atoms with Gasteiger partial charge >= 0.3 is 24.6 Å². The quantitative estimate of drug-likeness (QED) is 0.575. The third kappa shape index (κ3) is 5.28. The summed E-state index contributed by atoms with van der Waals surface area (Å²) in [5.41, 5.74) is 1.24. The summed E-state index contributed by atoms with van der Waals surface area (Å²) in [7, 11) is 0. The van der Waals surface area contributed by atoms with E-state index in [1.807, 2.05) is 0 Å². The van der Waals surface area contributed by atoms with Gasteiger partial charge in [0.2, 0.25) is 0 Å². The van der Waals surface area contributed by atoms with Crippen LogP contribution in [0.3, 0.4) is 0 Å². The molecule has 1 aliphatic heterocycles. The molecule has 33 heavy (non-hydrogen) atoms. The highest BCUT2D eigenvalue weighted by Crippen LogP contribution is 2.36. The number of benzene rings is 2. The van der Waals surface area contributed by atoms with Crippen LogP contribution >= 0.6 is 0 Å².